The fraction of sp³-hybridized carbons (Fsp3) is 0. The van der Waals surface area contributed by atoms with E-state index in [4.69, 9.17) is 0 Å². The second-order valence-corrected chi connectivity index (χ2v) is 15.9. The second-order valence-electron chi connectivity index (χ2n) is 14.8. The Kier molecular flexibility index (Phi) is 6.87. The molecule has 0 bridgehead atoms. The average Bonchev–Trinajstić information content (AvgIpc) is 3.65. The summed E-state index contributed by atoms with van der Waals surface area (Å²) in [6.45, 7) is 0. The highest BCUT2D eigenvalue weighted by molar-refractivity contribution is 7.25. The second kappa shape index (κ2) is 12.3. The molecule has 0 amide bonds. The van der Waals surface area contributed by atoms with E-state index in [2.05, 4.69) is 205 Å². The van der Waals surface area contributed by atoms with E-state index < -0.39 is 0 Å². The molecular formula is C54H33NS. The summed E-state index contributed by atoms with van der Waals surface area (Å²) in [4.78, 5) is 2.45. The molecule has 0 fully saturated rings. The summed E-state index contributed by atoms with van der Waals surface area (Å²) >= 11 is 1.86. The molecule has 1 heterocycles. The Labute approximate surface area is 327 Å². The quantitative estimate of drug-likeness (QED) is 0.163. The number of benzene rings is 11. The summed E-state index contributed by atoms with van der Waals surface area (Å²) in [5.41, 5.74) is 5.78. The van der Waals surface area contributed by atoms with Gasteiger partial charge in [0.2, 0.25) is 0 Å². The van der Waals surface area contributed by atoms with E-state index in [1.54, 1.807) is 0 Å². The van der Waals surface area contributed by atoms with Crippen LogP contribution in [0.2, 0.25) is 0 Å². The fourth-order valence-corrected chi connectivity index (χ4v) is 10.3. The Morgan fingerprint density at radius 2 is 0.625 bits per heavy atom. The lowest BCUT2D eigenvalue weighted by atomic mass is 9.93. The molecule has 0 saturated carbocycles. The predicted octanol–water partition coefficient (Wildman–Crippen LogP) is 16.1. The van der Waals surface area contributed by atoms with Gasteiger partial charge in [0.1, 0.15) is 0 Å². The molecule has 0 spiro atoms. The van der Waals surface area contributed by atoms with Gasteiger partial charge in [0.25, 0.3) is 0 Å². The summed E-state index contributed by atoms with van der Waals surface area (Å²) in [7, 11) is 0. The molecule has 11 aromatic carbocycles. The molecule has 0 aliphatic carbocycles. The van der Waals surface area contributed by atoms with Crippen LogP contribution < -0.4 is 4.90 Å². The number of anilines is 3. The van der Waals surface area contributed by atoms with E-state index in [9.17, 15) is 0 Å². The molecule has 0 radical (unpaired) electrons. The SMILES string of the molecule is c1cc(-c2ccc3sc4ccccc4c3c2)cc(N(c2ccc3c4ccccc4c4ccccc4c3c2)c2ccc3c4ccccc4c4ccccc4c3c2)c1. The third-order valence-electron chi connectivity index (χ3n) is 11.8. The first kappa shape index (κ1) is 31.4. The maximum Gasteiger partial charge on any atom is 0.0468 e. The number of fused-ring (bicyclic) bond motifs is 15. The molecule has 2 heteroatoms. The average molecular weight is 728 g/mol. The molecule has 0 saturated heterocycles. The van der Waals surface area contributed by atoms with Crippen molar-refractivity contribution in [2.75, 3.05) is 4.90 Å². The number of nitrogens with zero attached hydrogens (tertiary/aromatic N) is 1. The van der Waals surface area contributed by atoms with Gasteiger partial charge in [-0.1, -0.05) is 146 Å². The van der Waals surface area contributed by atoms with Gasteiger partial charge >= 0.3 is 0 Å². The van der Waals surface area contributed by atoms with Gasteiger partial charge < -0.3 is 4.90 Å². The van der Waals surface area contributed by atoms with Crippen LogP contribution >= 0.6 is 11.3 Å². The van der Waals surface area contributed by atoms with Crippen molar-refractivity contribution in [2.24, 2.45) is 0 Å². The van der Waals surface area contributed by atoms with Crippen LogP contribution in [-0.2, 0) is 0 Å². The van der Waals surface area contributed by atoms with Gasteiger partial charge in [-0.05, 0) is 130 Å². The van der Waals surface area contributed by atoms with Crippen molar-refractivity contribution >= 4 is 113 Å². The van der Waals surface area contributed by atoms with Crippen LogP contribution in [0.4, 0.5) is 17.1 Å². The van der Waals surface area contributed by atoms with Crippen molar-refractivity contribution in [2.45, 2.75) is 0 Å². The molecule has 12 rings (SSSR count). The lowest BCUT2D eigenvalue weighted by Crippen LogP contribution is -2.10. The van der Waals surface area contributed by atoms with Crippen LogP contribution in [0.5, 0.6) is 0 Å². The van der Waals surface area contributed by atoms with Gasteiger partial charge in [-0.3, -0.25) is 0 Å². The fourth-order valence-electron chi connectivity index (χ4n) is 9.25. The molecule has 56 heavy (non-hydrogen) atoms. The minimum absolute atomic E-state index is 1.12. The van der Waals surface area contributed by atoms with Crippen molar-refractivity contribution in [1.29, 1.82) is 0 Å². The lowest BCUT2D eigenvalue weighted by Gasteiger charge is -2.27. The molecule has 0 atom stereocenters. The van der Waals surface area contributed by atoms with Gasteiger partial charge in [0.15, 0.2) is 0 Å². The zero-order chi connectivity index (χ0) is 36.7. The summed E-state index contributed by atoms with van der Waals surface area (Å²) in [5.74, 6) is 0. The van der Waals surface area contributed by atoms with Crippen LogP contribution in [0.1, 0.15) is 0 Å². The van der Waals surface area contributed by atoms with Crippen LogP contribution in [0.25, 0.3) is 95.9 Å². The molecule has 12 aromatic rings. The van der Waals surface area contributed by atoms with Crippen LogP contribution in [0.15, 0.2) is 200 Å². The van der Waals surface area contributed by atoms with Crippen molar-refractivity contribution < 1.29 is 0 Å². The normalized spacial score (nSPS) is 11.9. The minimum Gasteiger partial charge on any atom is -0.310 e. The monoisotopic (exact) mass is 727 g/mol. The highest BCUT2D eigenvalue weighted by Gasteiger charge is 2.19. The van der Waals surface area contributed by atoms with Gasteiger partial charge in [-0.2, -0.15) is 0 Å². The Morgan fingerprint density at radius 1 is 0.232 bits per heavy atom. The first-order valence-electron chi connectivity index (χ1n) is 19.3. The zero-order valence-electron chi connectivity index (χ0n) is 30.4. The molecule has 1 nitrogen and oxygen atoms in total. The molecule has 0 N–H and O–H groups in total. The number of thiophene rings is 1. The number of rotatable bonds is 4. The topological polar surface area (TPSA) is 3.24 Å². The van der Waals surface area contributed by atoms with E-state index in [1.165, 1.54) is 95.9 Å². The third-order valence-corrected chi connectivity index (χ3v) is 12.9. The first-order chi connectivity index (χ1) is 27.8. The summed E-state index contributed by atoms with van der Waals surface area (Å²) < 4.78 is 2.65. The van der Waals surface area contributed by atoms with Crippen molar-refractivity contribution in [3.05, 3.63) is 200 Å². The first-order valence-corrected chi connectivity index (χ1v) is 20.1. The van der Waals surface area contributed by atoms with Crippen molar-refractivity contribution in [1.82, 2.24) is 0 Å². The number of hydrogen-bond acceptors (Lipinski definition) is 2. The van der Waals surface area contributed by atoms with E-state index in [0.717, 1.165) is 17.1 Å². The zero-order valence-corrected chi connectivity index (χ0v) is 31.2. The molecular weight excluding hydrogens is 695 g/mol. The molecule has 1 aromatic heterocycles. The Balaban J connectivity index is 1.12. The molecule has 0 aliphatic rings. The van der Waals surface area contributed by atoms with Gasteiger partial charge in [0, 0.05) is 37.2 Å². The predicted molar refractivity (Wildman–Crippen MR) is 244 cm³/mol. The Morgan fingerprint density at radius 3 is 1.14 bits per heavy atom. The standard InChI is InChI=1S/C54H33NS/c1-3-18-43-39(14-1)41-16-5-7-20-45(41)50-32-37(25-27-47(43)50)55(38-26-28-48-44-19-4-2-15-40(44)42-17-6-8-21-46(42)51(48)33-38)36-13-11-12-34(30-36)35-24-29-54-52(31-35)49-22-9-10-23-53(49)56-54/h1-33H. The van der Waals surface area contributed by atoms with E-state index in [1.807, 2.05) is 11.3 Å². The van der Waals surface area contributed by atoms with E-state index >= 15 is 0 Å². The van der Waals surface area contributed by atoms with E-state index in [0.29, 0.717) is 0 Å². The highest BCUT2D eigenvalue weighted by atomic mass is 32.1. The van der Waals surface area contributed by atoms with Gasteiger partial charge in [0.05, 0.1) is 0 Å². The lowest BCUT2D eigenvalue weighted by molar-refractivity contribution is 1.30. The highest BCUT2D eigenvalue weighted by Crippen LogP contribution is 2.44. The Bertz CT molecular complexity index is 3330. The maximum absolute atomic E-state index is 2.45. The van der Waals surface area contributed by atoms with Crippen LogP contribution in [-0.4, -0.2) is 0 Å². The molecule has 260 valence electrons. The van der Waals surface area contributed by atoms with Crippen molar-refractivity contribution in [3.8, 4) is 11.1 Å². The van der Waals surface area contributed by atoms with Gasteiger partial charge in [-0.25, -0.2) is 0 Å². The summed E-state index contributed by atoms with van der Waals surface area (Å²) in [6.07, 6.45) is 0. The summed E-state index contributed by atoms with van der Waals surface area (Å²) in [6, 6.07) is 74.2. The van der Waals surface area contributed by atoms with Gasteiger partial charge in [-0.15, -0.1) is 11.3 Å². The van der Waals surface area contributed by atoms with Crippen LogP contribution in [0.3, 0.4) is 0 Å². The number of hydrogen-bond donors (Lipinski definition) is 0. The van der Waals surface area contributed by atoms with Crippen LogP contribution in [0, 0.1) is 0 Å². The molecule has 0 unspecified atom stereocenters. The van der Waals surface area contributed by atoms with Crippen molar-refractivity contribution in [3.63, 3.8) is 0 Å². The smallest absolute Gasteiger partial charge is 0.0468 e. The molecule has 0 aliphatic heterocycles. The van der Waals surface area contributed by atoms with E-state index in [-0.39, 0.29) is 0 Å². The minimum atomic E-state index is 1.12. The summed E-state index contributed by atoms with van der Waals surface area (Å²) in [5, 5.41) is 17.9. The largest absolute Gasteiger partial charge is 0.310 e. The maximum atomic E-state index is 2.45. The Hall–Kier alpha value is -7.00. The third kappa shape index (κ3) is 4.73.